The lowest BCUT2D eigenvalue weighted by atomic mass is 10.1. The van der Waals surface area contributed by atoms with Gasteiger partial charge in [-0.3, -0.25) is 9.59 Å². The van der Waals surface area contributed by atoms with E-state index in [0.29, 0.717) is 48.6 Å². The molecule has 0 atom stereocenters. The number of aromatic amines is 1. The molecule has 1 aromatic carbocycles. The van der Waals surface area contributed by atoms with Gasteiger partial charge in [0.1, 0.15) is 5.56 Å². The number of carbonyl (C=O) groups is 1. The van der Waals surface area contributed by atoms with Gasteiger partial charge in [-0.15, -0.1) is 0 Å². The Balaban J connectivity index is 2.24. The van der Waals surface area contributed by atoms with E-state index in [9.17, 15) is 9.59 Å². The van der Waals surface area contributed by atoms with E-state index in [1.807, 2.05) is 6.92 Å². The van der Waals surface area contributed by atoms with Crippen molar-refractivity contribution >= 4 is 16.8 Å². The number of amides is 1. The van der Waals surface area contributed by atoms with Crippen molar-refractivity contribution in [1.29, 1.82) is 0 Å². The zero-order valence-electron chi connectivity index (χ0n) is 14.1. The fraction of sp³-hybridized carbons (Fsp3) is 0.412. The maximum absolute atomic E-state index is 12.6. The molecule has 1 amide bonds. The monoisotopic (exact) mass is 334 g/mol. The fourth-order valence-corrected chi connectivity index (χ4v) is 2.33. The van der Waals surface area contributed by atoms with Gasteiger partial charge in [0.2, 0.25) is 5.43 Å². The van der Waals surface area contributed by atoms with Gasteiger partial charge in [-0.2, -0.15) is 0 Å². The number of methoxy groups -OCH3 is 2. The number of H-pyrrole nitrogens is 1. The van der Waals surface area contributed by atoms with Crippen LogP contribution in [0.1, 0.15) is 23.7 Å². The van der Waals surface area contributed by atoms with Crippen molar-refractivity contribution in [2.45, 2.75) is 13.3 Å². The van der Waals surface area contributed by atoms with Crippen LogP contribution in [0.15, 0.2) is 23.1 Å². The number of hydrogen-bond acceptors (Lipinski definition) is 5. The van der Waals surface area contributed by atoms with Crippen LogP contribution in [-0.2, 0) is 4.74 Å². The summed E-state index contributed by atoms with van der Waals surface area (Å²) in [6.45, 7) is 3.57. The van der Waals surface area contributed by atoms with Crippen LogP contribution in [0.4, 0.5) is 0 Å². The molecule has 2 rings (SSSR count). The lowest BCUT2D eigenvalue weighted by Crippen LogP contribution is -2.30. The number of benzene rings is 1. The topological polar surface area (TPSA) is 89.7 Å². The van der Waals surface area contributed by atoms with E-state index < -0.39 is 5.91 Å². The molecule has 7 nitrogen and oxygen atoms in total. The first kappa shape index (κ1) is 17.8. The SMILES string of the molecule is CCOCCCNC(=O)c1c[nH]c2cc(OC)c(OC)cc2c1=O. The second-order valence-electron chi connectivity index (χ2n) is 5.09. The average Bonchev–Trinajstić information content (AvgIpc) is 2.60. The first-order valence-corrected chi connectivity index (χ1v) is 7.75. The molecular weight excluding hydrogens is 312 g/mol. The smallest absolute Gasteiger partial charge is 0.256 e. The zero-order valence-corrected chi connectivity index (χ0v) is 14.1. The van der Waals surface area contributed by atoms with E-state index in [1.165, 1.54) is 20.4 Å². The highest BCUT2D eigenvalue weighted by molar-refractivity contribution is 5.97. The maximum Gasteiger partial charge on any atom is 0.256 e. The Kier molecular flexibility index (Phi) is 6.20. The van der Waals surface area contributed by atoms with E-state index in [0.717, 1.165) is 0 Å². The number of fused-ring (bicyclic) bond motifs is 1. The highest BCUT2D eigenvalue weighted by Crippen LogP contribution is 2.30. The van der Waals surface area contributed by atoms with Crippen molar-refractivity contribution in [2.75, 3.05) is 34.0 Å². The summed E-state index contributed by atoms with van der Waals surface area (Å²) in [5, 5.41) is 3.09. The molecule has 2 N–H and O–H groups in total. The summed E-state index contributed by atoms with van der Waals surface area (Å²) in [6, 6.07) is 3.23. The molecule has 1 aromatic heterocycles. The molecule has 0 aliphatic rings. The third-order valence-corrected chi connectivity index (χ3v) is 3.58. The van der Waals surface area contributed by atoms with Gasteiger partial charge in [-0.05, 0) is 19.4 Å². The largest absolute Gasteiger partial charge is 0.493 e. The number of ether oxygens (including phenoxy) is 3. The van der Waals surface area contributed by atoms with E-state index in [2.05, 4.69) is 10.3 Å². The van der Waals surface area contributed by atoms with Crippen molar-refractivity contribution < 1.29 is 19.0 Å². The molecule has 130 valence electrons. The Labute approximate surface area is 139 Å². The van der Waals surface area contributed by atoms with Crippen LogP contribution in [0.5, 0.6) is 11.5 Å². The number of aromatic nitrogens is 1. The summed E-state index contributed by atoms with van der Waals surface area (Å²) in [4.78, 5) is 27.7. The van der Waals surface area contributed by atoms with Crippen LogP contribution in [-0.4, -0.2) is 44.9 Å². The lowest BCUT2D eigenvalue weighted by molar-refractivity contribution is 0.0943. The summed E-state index contributed by atoms with van der Waals surface area (Å²) >= 11 is 0. The fourth-order valence-electron chi connectivity index (χ4n) is 2.33. The van der Waals surface area contributed by atoms with Gasteiger partial charge in [0.05, 0.1) is 25.1 Å². The third kappa shape index (κ3) is 3.86. The molecule has 2 aromatic rings. The number of rotatable bonds is 8. The first-order valence-electron chi connectivity index (χ1n) is 7.75. The molecular formula is C17H22N2O5. The average molecular weight is 334 g/mol. The second-order valence-corrected chi connectivity index (χ2v) is 5.09. The molecule has 0 fully saturated rings. The number of hydrogen-bond donors (Lipinski definition) is 2. The van der Waals surface area contributed by atoms with Gasteiger partial charge in [0.25, 0.3) is 5.91 Å². The highest BCUT2D eigenvalue weighted by Gasteiger charge is 2.15. The zero-order chi connectivity index (χ0) is 17.5. The molecule has 24 heavy (non-hydrogen) atoms. The maximum atomic E-state index is 12.6. The molecule has 0 radical (unpaired) electrons. The van der Waals surface area contributed by atoms with Crippen LogP contribution in [0.25, 0.3) is 10.9 Å². The third-order valence-electron chi connectivity index (χ3n) is 3.58. The Morgan fingerprint density at radius 3 is 2.58 bits per heavy atom. The van der Waals surface area contributed by atoms with Gasteiger partial charge in [0.15, 0.2) is 11.5 Å². The van der Waals surface area contributed by atoms with Crippen molar-refractivity contribution in [3.63, 3.8) is 0 Å². The Bertz CT molecular complexity index is 769. The summed E-state index contributed by atoms with van der Waals surface area (Å²) in [6.07, 6.45) is 2.10. The Morgan fingerprint density at radius 1 is 1.21 bits per heavy atom. The van der Waals surface area contributed by atoms with Crippen molar-refractivity contribution in [1.82, 2.24) is 10.3 Å². The predicted octanol–water partition coefficient (Wildman–Crippen LogP) is 1.70. The molecule has 0 bridgehead atoms. The normalized spacial score (nSPS) is 10.6. The minimum atomic E-state index is -0.413. The van der Waals surface area contributed by atoms with E-state index >= 15 is 0 Å². The molecule has 0 saturated carbocycles. The Hall–Kier alpha value is -2.54. The molecule has 0 aliphatic heterocycles. The predicted molar refractivity (Wildman–Crippen MR) is 91.1 cm³/mol. The minimum Gasteiger partial charge on any atom is -0.493 e. The molecule has 0 aliphatic carbocycles. The van der Waals surface area contributed by atoms with Crippen molar-refractivity contribution in [3.05, 3.63) is 34.1 Å². The molecule has 1 heterocycles. The van der Waals surface area contributed by atoms with Crippen LogP contribution in [0.2, 0.25) is 0 Å². The quantitative estimate of drug-likeness (QED) is 0.717. The van der Waals surface area contributed by atoms with Gasteiger partial charge < -0.3 is 24.5 Å². The van der Waals surface area contributed by atoms with E-state index in [-0.39, 0.29) is 11.0 Å². The van der Waals surface area contributed by atoms with Crippen LogP contribution >= 0.6 is 0 Å². The minimum absolute atomic E-state index is 0.0612. The highest BCUT2D eigenvalue weighted by atomic mass is 16.5. The van der Waals surface area contributed by atoms with Crippen molar-refractivity contribution in [2.24, 2.45) is 0 Å². The molecule has 7 heteroatoms. The number of pyridine rings is 1. The van der Waals surface area contributed by atoms with Gasteiger partial charge in [0, 0.05) is 32.0 Å². The molecule has 0 unspecified atom stereocenters. The molecule has 0 spiro atoms. The lowest BCUT2D eigenvalue weighted by Gasteiger charge is -2.10. The van der Waals surface area contributed by atoms with Crippen molar-refractivity contribution in [3.8, 4) is 11.5 Å². The second kappa shape index (κ2) is 8.35. The molecule has 0 saturated heterocycles. The van der Waals surface area contributed by atoms with Gasteiger partial charge in [-0.25, -0.2) is 0 Å². The van der Waals surface area contributed by atoms with Crippen LogP contribution < -0.4 is 20.2 Å². The first-order chi connectivity index (χ1) is 11.6. The number of carbonyl (C=O) groups excluding carboxylic acids is 1. The summed E-state index contributed by atoms with van der Waals surface area (Å²) in [7, 11) is 3.01. The number of nitrogens with one attached hydrogen (secondary N) is 2. The Morgan fingerprint density at radius 2 is 1.92 bits per heavy atom. The van der Waals surface area contributed by atoms with E-state index in [1.54, 1.807) is 12.1 Å². The standard InChI is InChI=1S/C17H22N2O5/c1-4-24-7-5-6-18-17(21)12-10-19-13-9-15(23-3)14(22-2)8-11(13)16(12)20/h8-10H,4-7H2,1-3H3,(H,18,21)(H,19,20). The van der Waals surface area contributed by atoms with Gasteiger partial charge in [-0.1, -0.05) is 0 Å². The summed E-state index contributed by atoms with van der Waals surface area (Å²) < 4.78 is 15.6. The summed E-state index contributed by atoms with van der Waals surface area (Å²) in [5.41, 5.74) is 0.281. The van der Waals surface area contributed by atoms with Crippen LogP contribution in [0, 0.1) is 0 Å². The van der Waals surface area contributed by atoms with E-state index in [4.69, 9.17) is 14.2 Å². The van der Waals surface area contributed by atoms with Crippen LogP contribution in [0.3, 0.4) is 0 Å². The van der Waals surface area contributed by atoms with Gasteiger partial charge >= 0.3 is 0 Å². The summed E-state index contributed by atoms with van der Waals surface area (Å²) in [5.74, 6) is 0.531.